The number of hydrogen-bond acceptors (Lipinski definition) is 4. The largest absolute Gasteiger partial charge is 0.382 e. The lowest BCUT2D eigenvalue weighted by molar-refractivity contribution is -0.148. The highest BCUT2D eigenvalue weighted by molar-refractivity contribution is 5.85. The van der Waals surface area contributed by atoms with Gasteiger partial charge in [0, 0.05) is 44.6 Å². The average molecular weight is 404 g/mol. The van der Waals surface area contributed by atoms with Crippen molar-refractivity contribution in [1.29, 1.82) is 0 Å². The van der Waals surface area contributed by atoms with Gasteiger partial charge in [-0.15, -0.1) is 24.8 Å². The van der Waals surface area contributed by atoms with E-state index in [0.29, 0.717) is 25.8 Å². The van der Waals surface area contributed by atoms with Crippen molar-refractivity contribution in [3.63, 3.8) is 0 Å². The molecule has 0 aliphatic carbocycles. The molecule has 0 aromatic heterocycles. The second-order valence-corrected chi connectivity index (χ2v) is 7.18. The van der Waals surface area contributed by atoms with Gasteiger partial charge in [0.1, 0.15) is 0 Å². The quantitative estimate of drug-likeness (QED) is 0.810. The number of piperidine rings is 1. The van der Waals surface area contributed by atoms with Gasteiger partial charge in [0.2, 0.25) is 5.91 Å². The Balaban J connectivity index is 0.00000169. The van der Waals surface area contributed by atoms with E-state index in [-0.39, 0.29) is 30.7 Å². The molecule has 3 rings (SSSR count). The van der Waals surface area contributed by atoms with Gasteiger partial charge in [-0.1, -0.05) is 12.1 Å². The molecule has 0 saturated carbocycles. The monoisotopic (exact) mass is 403 g/mol. The predicted octanol–water partition coefficient (Wildman–Crippen LogP) is 3.00. The number of nitrogens with one attached hydrogen (secondary N) is 1. The molecule has 2 aliphatic heterocycles. The maximum Gasteiger partial charge on any atom is 0.230 e. The number of aryl methyl sites for hydroxylation is 1. The number of anilines is 1. The molecule has 7 heteroatoms. The minimum absolute atomic E-state index is 0. The van der Waals surface area contributed by atoms with Crippen molar-refractivity contribution in [2.24, 2.45) is 11.1 Å². The fourth-order valence-electron chi connectivity index (χ4n) is 3.80. The second kappa shape index (κ2) is 10.4. The Morgan fingerprint density at radius 2 is 1.92 bits per heavy atom. The third-order valence-corrected chi connectivity index (χ3v) is 5.47. The number of carbonyl (C=O) groups excluding carboxylic acids is 1. The Bertz CT molecular complexity index is 572. The summed E-state index contributed by atoms with van der Waals surface area (Å²) in [5.41, 5.74) is 8.01. The Kier molecular flexibility index (Phi) is 9.17. The minimum atomic E-state index is -0.394. The lowest BCUT2D eigenvalue weighted by Crippen LogP contribution is -2.53. The summed E-state index contributed by atoms with van der Waals surface area (Å²) >= 11 is 0. The Hall–Kier alpha value is -1.01. The topological polar surface area (TPSA) is 67.6 Å². The number of likely N-dealkylation sites (tertiary alicyclic amines) is 1. The van der Waals surface area contributed by atoms with Gasteiger partial charge in [0.15, 0.2) is 0 Å². The van der Waals surface area contributed by atoms with Crippen LogP contribution in [0.3, 0.4) is 0 Å². The molecule has 2 heterocycles. The zero-order valence-corrected chi connectivity index (χ0v) is 17.0. The van der Waals surface area contributed by atoms with E-state index in [4.69, 9.17) is 10.5 Å². The molecule has 3 N–H and O–H groups in total. The first kappa shape index (κ1) is 23.0. The molecule has 0 bridgehead atoms. The number of ether oxygens (including phenoxy) is 1. The third-order valence-electron chi connectivity index (χ3n) is 5.47. The van der Waals surface area contributed by atoms with Gasteiger partial charge in [-0.2, -0.15) is 0 Å². The smallest absolute Gasteiger partial charge is 0.230 e. The lowest BCUT2D eigenvalue weighted by Gasteiger charge is -2.41. The second-order valence-electron chi connectivity index (χ2n) is 7.18. The first-order valence-corrected chi connectivity index (χ1v) is 9.03. The van der Waals surface area contributed by atoms with Crippen LogP contribution in [0.25, 0.3) is 0 Å². The lowest BCUT2D eigenvalue weighted by atomic mass is 9.78. The van der Waals surface area contributed by atoms with Gasteiger partial charge in [-0.3, -0.25) is 4.79 Å². The molecule has 1 aromatic carbocycles. The number of hydrogen-bond donors (Lipinski definition) is 2. The van der Waals surface area contributed by atoms with Gasteiger partial charge in [-0.25, -0.2) is 0 Å². The van der Waals surface area contributed by atoms with Crippen LogP contribution in [-0.2, 0) is 9.53 Å². The number of halogens is 2. The van der Waals surface area contributed by atoms with E-state index in [1.54, 1.807) is 0 Å². The van der Waals surface area contributed by atoms with Crippen LogP contribution in [0.2, 0.25) is 0 Å². The Morgan fingerprint density at radius 1 is 1.27 bits per heavy atom. The molecular formula is C19H31Cl2N3O2. The Labute approximate surface area is 168 Å². The van der Waals surface area contributed by atoms with Crippen LogP contribution in [0.4, 0.5) is 5.69 Å². The van der Waals surface area contributed by atoms with Crippen molar-refractivity contribution >= 4 is 36.4 Å². The molecule has 1 amide bonds. The van der Waals surface area contributed by atoms with E-state index in [1.165, 1.54) is 11.3 Å². The summed E-state index contributed by atoms with van der Waals surface area (Å²) in [6.45, 7) is 5.45. The van der Waals surface area contributed by atoms with E-state index in [1.807, 2.05) is 4.90 Å². The maximum atomic E-state index is 13.0. The molecule has 2 saturated heterocycles. The Morgan fingerprint density at radius 3 is 2.50 bits per heavy atom. The number of benzene rings is 1. The molecule has 0 spiro atoms. The molecule has 1 aromatic rings. The highest BCUT2D eigenvalue weighted by Crippen LogP contribution is 2.32. The molecule has 5 nitrogen and oxygen atoms in total. The van der Waals surface area contributed by atoms with Crippen LogP contribution in [-0.4, -0.2) is 49.7 Å². The molecule has 2 fully saturated rings. The third kappa shape index (κ3) is 5.26. The normalized spacial score (nSPS) is 19.8. The molecule has 26 heavy (non-hydrogen) atoms. The SMILES string of the molecule is Cc1cccc(NC2CCN(C(=O)C3(CN)CCOCC3)CC2)c1.Cl.Cl. The number of nitrogens with zero attached hydrogens (tertiary/aromatic N) is 1. The van der Waals surface area contributed by atoms with E-state index in [9.17, 15) is 4.79 Å². The molecule has 0 radical (unpaired) electrons. The zero-order chi connectivity index (χ0) is 17.0. The molecule has 2 aliphatic rings. The van der Waals surface area contributed by atoms with Crippen LogP contribution in [0.5, 0.6) is 0 Å². The van der Waals surface area contributed by atoms with E-state index in [0.717, 1.165) is 38.8 Å². The van der Waals surface area contributed by atoms with Crippen molar-refractivity contribution in [3.8, 4) is 0 Å². The first-order valence-electron chi connectivity index (χ1n) is 9.03. The van der Waals surface area contributed by atoms with E-state index < -0.39 is 5.41 Å². The van der Waals surface area contributed by atoms with Crippen molar-refractivity contribution < 1.29 is 9.53 Å². The van der Waals surface area contributed by atoms with Crippen molar-refractivity contribution in [3.05, 3.63) is 29.8 Å². The highest BCUT2D eigenvalue weighted by atomic mass is 35.5. The summed E-state index contributed by atoms with van der Waals surface area (Å²) in [4.78, 5) is 15.0. The van der Waals surface area contributed by atoms with Gasteiger partial charge in [-0.05, 0) is 50.3 Å². The molecule has 0 unspecified atom stereocenters. The van der Waals surface area contributed by atoms with Gasteiger partial charge in [0.05, 0.1) is 5.41 Å². The first-order chi connectivity index (χ1) is 11.6. The highest BCUT2D eigenvalue weighted by Gasteiger charge is 2.42. The van der Waals surface area contributed by atoms with E-state index in [2.05, 4.69) is 36.5 Å². The van der Waals surface area contributed by atoms with Crippen LogP contribution in [0.1, 0.15) is 31.2 Å². The number of rotatable bonds is 4. The number of amides is 1. The van der Waals surface area contributed by atoms with Gasteiger partial charge in [0.25, 0.3) is 0 Å². The average Bonchev–Trinajstić information content (AvgIpc) is 2.62. The number of nitrogens with two attached hydrogens (primary N) is 1. The number of carbonyl (C=O) groups is 1. The van der Waals surface area contributed by atoms with E-state index >= 15 is 0 Å². The molecule has 148 valence electrons. The predicted molar refractivity (Wildman–Crippen MR) is 110 cm³/mol. The molecule has 0 atom stereocenters. The summed E-state index contributed by atoms with van der Waals surface area (Å²) in [6.07, 6.45) is 3.47. The summed E-state index contributed by atoms with van der Waals surface area (Å²) in [5.74, 6) is 0.238. The van der Waals surface area contributed by atoms with Gasteiger partial charge >= 0.3 is 0 Å². The van der Waals surface area contributed by atoms with Crippen LogP contribution >= 0.6 is 24.8 Å². The van der Waals surface area contributed by atoms with Crippen LogP contribution < -0.4 is 11.1 Å². The summed E-state index contributed by atoms with van der Waals surface area (Å²) in [5, 5.41) is 3.60. The zero-order valence-electron chi connectivity index (χ0n) is 15.4. The fourth-order valence-corrected chi connectivity index (χ4v) is 3.80. The van der Waals surface area contributed by atoms with Crippen LogP contribution in [0.15, 0.2) is 24.3 Å². The summed E-state index contributed by atoms with van der Waals surface area (Å²) in [7, 11) is 0. The summed E-state index contributed by atoms with van der Waals surface area (Å²) in [6, 6.07) is 8.89. The molecular weight excluding hydrogens is 373 g/mol. The fraction of sp³-hybridized carbons (Fsp3) is 0.632. The van der Waals surface area contributed by atoms with Gasteiger partial charge < -0.3 is 20.7 Å². The van der Waals surface area contributed by atoms with Crippen molar-refractivity contribution in [2.75, 3.05) is 38.2 Å². The standard InChI is InChI=1S/C19H29N3O2.2ClH/c1-15-3-2-4-17(13-15)21-16-5-9-22(10-6-16)18(23)19(14-20)7-11-24-12-8-19;;/h2-4,13,16,21H,5-12,14,20H2,1H3;2*1H. The van der Waals surface area contributed by atoms with Crippen LogP contribution in [0, 0.1) is 12.3 Å². The maximum absolute atomic E-state index is 13.0. The minimum Gasteiger partial charge on any atom is -0.382 e. The van der Waals surface area contributed by atoms with Crippen molar-refractivity contribution in [1.82, 2.24) is 4.90 Å². The summed E-state index contributed by atoms with van der Waals surface area (Å²) < 4.78 is 5.42. The van der Waals surface area contributed by atoms with Crippen molar-refractivity contribution in [2.45, 2.75) is 38.6 Å².